The van der Waals surface area contributed by atoms with Crippen LogP contribution in [0.2, 0.25) is 0 Å². The zero-order chi connectivity index (χ0) is 15.6. The monoisotopic (exact) mass is 383 g/mol. The first-order valence-corrected chi connectivity index (χ1v) is 7.87. The second kappa shape index (κ2) is 6.57. The molecule has 0 radical (unpaired) electrons. The van der Waals surface area contributed by atoms with Crippen LogP contribution in [0, 0.1) is 5.92 Å². The minimum Gasteiger partial charge on any atom is -0.339 e. The number of hydrogen-bond donors (Lipinski definition) is 0. The molecule has 0 N–H and O–H groups in total. The van der Waals surface area contributed by atoms with Crippen molar-refractivity contribution in [1.82, 2.24) is 4.90 Å². The van der Waals surface area contributed by atoms with E-state index in [4.69, 9.17) is 11.6 Å². The molecule has 0 bridgehead atoms. The number of piperidine rings is 1. The Hall–Kier alpha value is -0.750. The van der Waals surface area contributed by atoms with Gasteiger partial charge in [0.2, 0.25) is 0 Å². The summed E-state index contributed by atoms with van der Waals surface area (Å²) in [5.74, 6) is 0.575. The molecule has 1 aliphatic heterocycles. The van der Waals surface area contributed by atoms with E-state index in [1.165, 1.54) is 12.1 Å². The van der Waals surface area contributed by atoms with Gasteiger partial charge in [-0.15, -0.1) is 11.6 Å². The molecule has 1 aromatic rings. The van der Waals surface area contributed by atoms with Crippen molar-refractivity contribution < 1.29 is 18.0 Å². The Morgan fingerprint density at radius 2 is 1.95 bits per heavy atom. The summed E-state index contributed by atoms with van der Waals surface area (Å²) in [6, 6.07) is 3.58. The molecule has 0 unspecified atom stereocenters. The number of halogens is 5. The Bertz CT molecular complexity index is 527. The third kappa shape index (κ3) is 3.92. The SMILES string of the molecule is O=C(c1ccc(Br)c(C(F)(F)F)c1)N1CCC(CCl)CC1. The Kier molecular flexibility index (Phi) is 5.20. The number of likely N-dealkylation sites (tertiary alicyclic amines) is 1. The van der Waals surface area contributed by atoms with Crippen molar-refractivity contribution in [3.8, 4) is 0 Å². The Morgan fingerprint density at radius 3 is 2.48 bits per heavy atom. The van der Waals surface area contributed by atoms with Gasteiger partial charge in [0.05, 0.1) is 5.56 Å². The van der Waals surface area contributed by atoms with Crippen molar-refractivity contribution in [1.29, 1.82) is 0 Å². The molecule has 0 spiro atoms. The molecule has 116 valence electrons. The molecule has 1 aliphatic rings. The number of benzene rings is 1. The van der Waals surface area contributed by atoms with Crippen LogP contribution in [0.4, 0.5) is 13.2 Å². The summed E-state index contributed by atoms with van der Waals surface area (Å²) in [6.45, 7) is 1.07. The zero-order valence-corrected chi connectivity index (χ0v) is 13.4. The molecule has 1 aromatic carbocycles. The second-order valence-electron chi connectivity index (χ2n) is 5.08. The van der Waals surface area contributed by atoms with Gasteiger partial charge in [0.1, 0.15) is 0 Å². The van der Waals surface area contributed by atoms with Gasteiger partial charge in [0.15, 0.2) is 0 Å². The van der Waals surface area contributed by atoms with Crippen LogP contribution in [0.15, 0.2) is 22.7 Å². The van der Waals surface area contributed by atoms with E-state index in [-0.39, 0.29) is 15.9 Å². The number of amides is 1. The fourth-order valence-corrected chi connectivity index (χ4v) is 3.13. The fraction of sp³-hybridized carbons (Fsp3) is 0.500. The molecule has 2 nitrogen and oxygen atoms in total. The van der Waals surface area contributed by atoms with Crippen molar-refractivity contribution in [2.75, 3.05) is 19.0 Å². The van der Waals surface area contributed by atoms with Gasteiger partial charge in [-0.2, -0.15) is 13.2 Å². The largest absolute Gasteiger partial charge is 0.417 e. The maximum absolute atomic E-state index is 12.9. The number of alkyl halides is 4. The summed E-state index contributed by atoms with van der Waals surface area (Å²) in [4.78, 5) is 13.9. The maximum Gasteiger partial charge on any atom is 0.417 e. The summed E-state index contributed by atoms with van der Waals surface area (Å²) in [7, 11) is 0. The number of hydrogen-bond acceptors (Lipinski definition) is 1. The minimum absolute atomic E-state index is 0.0626. The highest BCUT2D eigenvalue weighted by Gasteiger charge is 2.34. The van der Waals surface area contributed by atoms with Crippen LogP contribution in [0.3, 0.4) is 0 Å². The average molecular weight is 385 g/mol. The summed E-state index contributed by atoms with van der Waals surface area (Å²) in [5, 5.41) is 0. The predicted octanol–water partition coefficient (Wildman–Crippen LogP) is 4.56. The topological polar surface area (TPSA) is 20.3 Å². The average Bonchev–Trinajstić information content (AvgIpc) is 2.46. The highest BCUT2D eigenvalue weighted by atomic mass is 79.9. The zero-order valence-electron chi connectivity index (χ0n) is 11.1. The van der Waals surface area contributed by atoms with E-state index < -0.39 is 11.7 Å². The molecule has 0 aliphatic carbocycles. The van der Waals surface area contributed by atoms with Crippen molar-refractivity contribution in [2.24, 2.45) is 5.92 Å². The first kappa shape index (κ1) is 16.6. The first-order valence-electron chi connectivity index (χ1n) is 6.55. The van der Waals surface area contributed by atoms with Gasteiger partial charge in [0.25, 0.3) is 5.91 Å². The van der Waals surface area contributed by atoms with E-state index in [1.54, 1.807) is 4.90 Å². The third-order valence-electron chi connectivity index (χ3n) is 3.64. The minimum atomic E-state index is -4.49. The molecule has 1 saturated heterocycles. The van der Waals surface area contributed by atoms with Crippen molar-refractivity contribution >= 4 is 33.4 Å². The number of rotatable bonds is 2. The van der Waals surface area contributed by atoms with Gasteiger partial charge in [-0.1, -0.05) is 15.9 Å². The summed E-state index contributed by atoms with van der Waals surface area (Å²) >= 11 is 8.65. The van der Waals surface area contributed by atoms with E-state index in [9.17, 15) is 18.0 Å². The van der Waals surface area contributed by atoms with Gasteiger partial charge in [-0.3, -0.25) is 4.79 Å². The van der Waals surface area contributed by atoms with Crippen LogP contribution in [-0.2, 0) is 6.18 Å². The molecule has 2 rings (SSSR count). The van der Waals surface area contributed by atoms with Crippen molar-refractivity contribution in [2.45, 2.75) is 19.0 Å². The molecule has 1 fully saturated rings. The van der Waals surface area contributed by atoms with Crippen molar-refractivity contribution in [3.63, 3.8) is 0 Å². The quantitative estimate of drug-likeness (QED) is 0.685. The standard InChI is InChI=1S/C14H14BrClF3NO/c15-12-2-1-10(7-11(12)14(17,18)19)13(21)20-5-3-9(8-16)4-6-20/h1-2,7,9H,3-6,8H2. The molecule has 0 saturated carbocycles. The fourth-order valence-electron chi connectivity index (χ4n) is 2.35. The second-order valence-corrected chi connectivity index (χ2v) is 6.25. The van der Waals surface area contributed by atoms with Crippen LogP contribution in [-0.4, -0.2) is 29.8 Å². The molecular formula is C14H14BrClF3NO. The van der Waals surface area contributed by atoms with Crippen LogP contribution in [0.1, 0.15) is 28.8 Å². The van der Waals surface area contributed by atoms with Crippen LogP contribution in [0.5, 0.6) is 0 Å². The molecule has 7 heteroatoms. The van der Waals surface area contributed by atoms with E-state index in [0.717, 1.165) is 18.9 Å². The summed E-state index contributed by atoms with van der Waals surface area (Å²) < 4.78 is 38.5. The highest BCUT2D eigenvalue weighted by molar-refractivity contribution is 9.10. The van der Waals surface area contributed by atoms with Gasteiger partial charge in [0, 0.05) is 29.0 Å². The first-order chi connectivity index (χ1) is 9.82. The molecule has 0 atom stereocenters. The summed E-state index contributed by atoms with van der Waals surface area (Å²) in [6.07, 6.45) is -2.91. The lowest BCUT2D eigenvalue weighted by Crippen LogP contribution is -2.38. The summed E-state index contributed by atoms with van der Waals surface area (Å²) in [5.41, 5.74) is -0.765. The lowest BCUT2D eigenvalue weighted by atomic mass is 9.98. The molecule has 0 aromatic heterocycles. The van der Waals surface area contributed by atoms with Gasteiger partial charge in [-0.05, 0) is 37.0 Å². The Balaban J connectivity index is 2.17. The number of carbonyl (C=O) groups is 1. The molecule has 1 amide bonds. The van der Waals surface area contributed by atoms with Crippen LogP contribution >= 0.6 is 27.5 Å². The molecule has 1 heterocycles. The van der Waals surface area contributed by atoms with Gasteiger partial charge < -0.3 is 4.90 Å². The molecule has 21 heavy (non-hydrogen) atoms. The molecular weight excluding hydrogens is 371 g/mol. The van der Waals surface area contributed by atoms with Gasteiger partial charge >= 0.3 is 6.18 Å². The lowest BCUT2D eigenvalue weighted by Gasteiger charge is -2.31. The Labute approximate surface area is 134 Å². The van der Waals surface area contributed by atoms with E-state index >= 15 is 0 Å². The van der Waals surface area contributed by atoms with Crippen molar-refractivity contribution in [3.05, 3.63) is 33.8 Å². The van der Waals surface area contributed by atoms with Gasteiger partial charge in [-0.25, -0.2) is 0 Å². The van der Waals surface area contributed by atoms with E-state index in [0.29, 0.717) is 24.9 Å². The van der Waals surface area contributed by atoms with E-state index in [2.05, 4.69) is 15.9 Å². The van der Waals surface area contributed by atoms with E-state index in [1.807, 2.05) is 0 Å². The predicted molar refractivity (Wildman–Crippen MR) is 78.5 cm³/mol. The normalized spacial score (nSPS) is 17.1. The third-order valence-corrected chi connectivity index (χ3v) is 4.77. The number of carbonyl (C=O) groups excluding carboxylic acids is 1. The lowest BCUT2D eigenvalue weighted by molar-refractivity contribution is -0.138. The smallest absolute Gasteiger partial charge is 0.339 e. The maximum atomic E-state index is 12.9. The Morgan fingerprint density at radius 1 is 1.33 bits per heavy atom. The van der Waals surface area contributed by atoms with Crippen LogP contribution in [0.25, 0.3) is 0 Å². The van der Waals surface area contributed by atoms with Crippen LogP contribution < -0.4 is 0 Å². The number of nitrogens with zero attached hydrogens (tertiary/aromatic N) is 1. The highest BCUT2D eigenvalue weighted by Crippen LogP contribution is 2.35.